The van der Waals surface area contributed by atoms with Gasteiger partial charge < -0.3 is 5.32 Å². The van der Waals surface area contributed by atoms with Gasteiger partial charge in [-0.25, -0.2) is 4.39 Å². The van der Waals surface area contributed by atoms with Gasteiger partial charge in [0.15, 0.2) is 0 Å². The summed E-state index contributed by atoms with van der Waals surface area (Å²) >= 11 is 0. The quantitative estimate of drug-likeness (QED) is 0.771. The Hall–Kier alpha value is -2.21. The Morgan fingerprint density at radius 1 is 1.10 bits per heavy atom. The number of benzene rings is 1. The van der Waals surface area contributed by atoms with Crippen LogP contribution in [-0.2, 0) is 18.4 Å². The van der Waals surface area contributed by atoms with Crippen LogP contribution in [0.3, 0.4) is 0 Å². The fraction of sp³-hybridized carbons (Fsp3) is 0.583. The SMILES string of the molecule is Cn1nc(-c2ccc(F)cc2)cc1CN1CCC(NC(=O)CC2CCCCC2)CC1. The number of likely N-dealkylation sites (tertiary alicyclic amines) is 1. The predicted octanol–water partition coefficient (Wildman–Crippen LogP) is 4.28. The van der Waals surface area contributed by atoms with Crippen LogP contribution < -0.4 is 5.32 Å². The number of rotatable bonds is 6. The van der Waals surface area contributed by atoms with Gasteiger partial charge in [0.05, 0.1) is 11.4 Å². The standard InChI is InChI=1S/C24H33FN4O/c1-28-22(16-23(27-28)19-7-9-20(25)10-8-19)17-29-13-11-21(12-14-29)26-24(30)15-18-5-3-2-4-6-18/h7-10,16,18,21H,2-6,11-15,17H2,1H3,(H,26,30). The van der Waals surface area contributed by atoms with Gasteiger partial charge in [-0.15, -0.1) is 0 Å². The summed E-state index contributed by atoms with van der Waals surface area (Å²) in [6.45, 7) is 2.80. The molecular formula is C24H33FN4O. The molecule has 162 valence electrons. The lowest BCUT2D eigenvalue weighted by molar-refractivity contribution is -0.123. The minimum Gasteiger partial charge on any atom is -0.353 e. The minimum atomic E-state index is -0.233. The molecule has 2 aromatic rings. The molecule has 5 nitrogen and oxygen atoms in total. The fourth-order valence-electron chi connectivity index (χ4n) is 4.82. The Labute approximate surface area is 178 Å². The lowest BCUT2D eigenvalue weighted by atomic mass is 9.86. The molecule has 0 atom stereocenters. The molecule has 0 spiro atoms. The minimum absolute atomic E-state index is 0.233. The summed E-state index contributed by atoms with van der Waals surface area (Å²) < 4.78 is 15.1. The first-order valence-corrected chi connectivity index (χ1v) is 11.4. The molecule has 0 bridgehead atoms. The van der Waals surface area contributed by atoms with Crippen LogP contribution in [0.5, 0.6) is 0 Å². The Kier molecular flexibility index (Phi) is 6.82. The van der Waals surface area contributed by atoms with E-state index in [2.05, 4.69) is 21.4 Å². The lowest BCUT2D eigenvalue weighted by Crippen LogP contribution is -2.44. The van der Waals surface area contributed by atoms with Crippen molar-refractivity contribution in [3.8, 4) is 11.3 Å². The largest absolute Gasteiger partial charge is 0.353 e. The molecule has 1 N–H and O–H groups in total. The highest BCUT2D eigenvalue weighted by Crippen LogP contribution is 2.26. The van der Waals surface area contributed by atoms with Crippen LogP contribution in [0, 0.1) is 11.7 Å². The third-order valence-corrected chi connectivity index (χ3v) is 6.65. The molecule has 1 aliphatic carbocycles. The van der Waals surface area contributed by atoms with Gasteiger partial charge >= 0.3 is 0 Å². The second-order valence-corrected chi connectivity index (χ2v) is 8.98. The van der Waals surface area contributed by atoms with E-state index in [0.717, 1.165) is 49.4 Å². The van der Waals surface area contributed by atoms with Crippen molar-refractivity contribution >= 4 is 5.91 Å². The van der Waals surface area contributed by atoms with E-state index in [4.69, 9.17) is 0 Å². The maximum absolute atomic E-state index is 13.2. The molecule has 4 rings (SSSR count). The first-order chi connectivity index (χ1) is 14.6. The normalized spacial score (nSPS) is 19.1. The van der Waals surface area contributed by atoms with Crippen LogP contribution in [0.2, 0.25) is 0 Å². The number of hydrogen-bond donors (Lipinski definition) is 1. The lowest BCUT2D eigenvalue weighted by Gasteiger charge is -2.32. The number of carbonyl (C=O) groups is 1. The van der Waals surface area contributed by atoms with Crippen LogP contribution in [0.4, 0.5) is 4.39 Å². The monoisotopic (exact) mass is 412 g/mol. The van der Waals surface area contributed by atoms with E-state index in [0.29, 0.717) is 18.4 Å². The average Bonchev–Trinajstić information content (AvgIpc) is 3.11. The van der Waals surface area contributed by atoms with Crippen molar-refractivity contribution in [3.63, 3.8) is 0 Å². The van der Waals surface area contributed by atoms with Crippen LogP contribution >= 0.6 is 0 Å². The predicted molar refractivity (Wildman–Crippen MR) is 116 cm³/mol. The summed E-state index contributed by atoms with van der Waals surface area (Å²) in [6, 6.07) is 8.87. The number of aromatic nitrogens is 2. The number of halogens is 1. The zero-order chi connectivity index (χ0) is 20.9. The number of piperidine rings is 1. The molecule has 0 unspecified atom stereocenters. The topological polar surface area (TPSA) is 50.2 Å². The summed E-state index contributed by atoms with van der Waals surface area (Å²) in [5, 5.41) is 7.87. The van der Waals surface area contributed by atoms with Crippen molar-refractivity contribution in [1.29, 1.82) is 0 Å². The number of aryl methyl sites for hydroxylation is 1. The van der Waals surface area contributed by atoms with Gasteiger partial charge in [-0.3, -0.25) is 14.4 Å². The molecular weight excluding hydrogens is 379 g/mol. The van der Waals surface area contributed by atoms with E-state index in [1.165, 1.54) is 44.2 Å². The van der Waals surface area contributed by atoms with Gasteiger partial charge in [-0.2, -0.15) is 5.10 Å². The molecule has 1 saturated heterocycles. The third kappa shape index (κ3) is 5.48. The van der Waals surface area contributed by atoms with Gasteiger partial charge in [-0.1, -0.05) is 19.3 Å². The molecule has 2 heterocycles. The van der Waals surface area contributed by atoms with Gasteiger partial charge in [0.1, 0.15) is 5.82 Å². The third-order valence-electron chi connectivity index (χ3n) is 6.65. The molecule has 2 aliphatic rings. The highest BCUT2D eigenvalue weighted by molar-refractivity contribution is 5.76. The summed E-state index contributed by atoms with van der Waals surface area (Å²) in [4.78, 5) is 14.8. The Morgan fingerprint density at radius 2 is 1.80 bits per heavy atom. The van der Waals surface area contributed by atoms with Crippen molar-refractivity contribution in [1.82, 2.24) is 20.0 Å². The number of nitrogens with zero attached hydrogens (tertiary/aromatic N) is 3. The number of hydrogen-bond acceptors (Lipinski definition) is 3. The Bertz CT molecular complexity index is 833. The molecule has 6 heteroatoms. The van der Waals surface area contributed by atoms with Gasteiger partial charge in [0.2, 0.25) is 5.91 Å². The first kappa shape index (κ1) is 21.0. The first-order valence-electron chi connectivity index (χ1n) is 11.4. The maximum Gasteiger partial charge on any atom is 0.220 e. The molecule has 0 radical (unpaired) electrons. The van der Waals surface area contributed by atoms with Crippen molar-refractivity contribution in [3.05, 3.63) is 41.8 Å². The second kappa shape index (κ2) is 9.73. The van der Waals surface area contributed by atoms with Gasteiger partial charge in [0, 0.05) is 44.7 Å². The highest BCUT2D eigenvalue weighted by atomic mass is 19.1. The summed E-state index contributed by atoms with van der Waals surface area (Å²) in [7, 11) is 1.96. The molecule has 1 saturated carbocycles. The van der Waals surface area contributed by atoms with Crippen molar-refractivity contribution in [2.45, 2.75) is 64.0 Å². The van der Waals surface area contributed by atoms with E-state index in [-0.39, 0.29) is 11.7 Å². The van der Waals surface area contributed by atoms with Crippen molar-refractivity contribution in [2.75, 3.05) is 13.1 Å². The van der Waals surface area contributed by atoms with Crippen molar-refractivity contribution < 1.29 is 9.18 Å². The zero-order valence-electron chi connectivity index (χ0n) is 17.9. The van der Waals surface area contributed by atoms with E-state index in [1.54, 1.807) is 12.1 Å². The second-order valence-electron chi connectivity index (χ2n) is 8.98. The summed E-state index contributed by atoms with van der Waals surface area (Å²) in [5.74, 6) is 0.610. The molecule has 1 aromatic carbocycles. The molecule has 1 aliphatic heterocycles. The van der Waals surface area contributed by atoms with E-state index >= 15 is 0 Å². The molecule has 1 amide bonds. The van der Waals surface area contributed by atoms with Crippen LogP contribution in [0.1, 0.15) is 57.1 Å². The van der Waals surface area contributed by atoms with E-state index in [9.17, 15) is 9.18 Å². The van der Waals surface area contributed by atoms with E-state index < -0.39 is 0 Å². The van der Waals surface area contributed by atoms with Gasteiger partial charge in [0.25, 0.3) is 0 Å². The Morgan fingerprint density at radius 3 is 2.50 bits per heavy atom. The summed E-state index contributed by atoms with van der Waals surface area (Å²) in [5.41, 5.74) is 2.95. The average molecular weight is 413 g/mol. The van der Waals surface area contributed by atoms with Gasteiger partial charge in [-0.05, 0) is 61.9 Å². The molecule has 1 aromatic heterocycles. The molecule has 30 heavy (non-hydrogen) atoms. The number of amides is 1. The number of carbonyl (C=O) groups excluding carboxylic acids is 1. The fourth-order valence-corrected chi connectivity index (χ4v) is 4.82. The summed E-state index contributed by atoms with van der Waals surface area (Å²) in [6.07, 6.45) is 9.05. The zero-order valence-corrected chi connectivity index (χ0v) is 17.9. The maximum atomic E-state index is 13.2. The Balaban J connectivity index is 1.24. The van der Waals surface area contributed by atoms with E-state index in [1.807, 2.05) is 11.7 Å². The van der Waals surface area contributed by atoms with Crippen LogP contribution in [0.25, 0.3) is 11.3 Å². The highest BCUT2D eigenvalue weighted by Gasteiger charge is 2.23. The van der Waals surface area contributed by atoms with Crippen LogP contribution in [-0.4, -0.2) is 39.7 Å². The smallest absolute Gasteiger partial charge is 0.220 e. The van der Waals surface area contributed by atoms with Crippen molar-refractivity contribution in [2.24, 2.45) is 13.0 Å². The molecule has 2 fully saturated rings. The van der Waals surface area contributed by atoms with Crippen LogP contribution in [0.15, 0.2) is 30.3 Å². The number of nitrogens with one attached hydrogen (secondary N) is 1.